The van der Waals surface area contributed by atoms with Crippen LogP contribution in [0.25, 0.3) is 0 Å². The lowest BCUT2D eigenvalue weighted by molar-refractivity contribution is 0.0697. The van der Waals surface area contributed by atoms with Gasteiger partial charge in [0.05, 0.1) is 24.1 Å². The lowest BCUT2D eigenvalue weighted by Crippen LogP contribution is -2.21. The highest BCUT2D eigenvalue weighted by atomic mass is 16.5. The van der Waals surface area contributed by atoms with Crippen molar-refractivity contribution in [3.63, 3.8) is 0 Å². The molecule has 132 valence electrons. The second-order valence-electron chi connectivity index (χ2n) is 6.74. The molecule has 0 spiro atoms. The fourth-order valence-corrected chi connectivity index (χ4v) is 3.12. The number of aromatic nitrogens is 1. The van der Waals surface area contributed by atoms with Crippen LogP contribution in [0.3, 0.4) is 0 Å². The van der Waals surface area contributed by atoms with Gasteiger partial charge in [-0.1, -0.05) is 17.9 Å². The number of anilines is 1. The summed E-state index contributed by atoms with van der Waals surface area (Å²) in [5.74, 6) is 7.26. The van der Waals surface area contributed by atoms with E-state index in [0.29, 0.717) is 24.8 Å². The van der Waals surface area contributed by atoms with Gasteiger partial charge in [-0.25, -0.2) is 4.79 Å². The fraction of sp³-hybridized carbons (Fsp3) is 0.333. The highest BCUT2D eigenvalue weighted by Crippen LogP contribution is 2.35. The van der Waals surface area contributed by atoms with Crippen molar-refractivity contribution in [1.82, 2.24) is 4.98 Å². The van der Waals surface area contributed by atoms with Crippen molar-refractivity contribution in [3.05, 3.63) is 53.3 Å². The number of fused-ring (bicyclic) bond motifs is 1. The number of carboxylic acid groups (broad SMARTS) is 1. The summed E-state index contributed by atoms with van der Waals surface area (Å²) >= 11 is 0. The number of hydrogen-bond acceptors (Lipinski definition) is 4. The highest BCUT2D eigenvalue weighted by molar-refractivity contribution is 5.93. The number of nitrogens with one attached hydrogen (secondary N) is 1. The molecule has 0 radical (unpaired) electrons. The van der Waals surface area contributed by atoms with Crippen LogP contribution in [0.15, 0.2) is 36.7 Å². The van der Waals surface area contributed by atoms with Crippen molar-refractivity contribution >= 4 is 11.7 Å². The van der Waals surface area contributed by atoms with Crippen molar-refractivity contribution in [1.29, 1.82) is 0 Å². The Labute approximate surface area is 152 Å². The minimum Gasteiger partial charge on any atom is -0.493 e. The number of hydrogen-bond donors (Lipinski definition) is 2. The van der Waals surface area contributed by atoms with E-state index in [1.807, 2.05) is 12.1 Å². The van der Waals surface area contributed by atoms with Crippen molar-refractivity contribution < 1.29 is 14.6 Å². The third kappa shape index (κ3) is 3.65. The van der Waals surface area contributed by atoms with Crippen molar-refractivity contribution in [3.8, 4) is 17.6 Å². The zero-order valence-electron chi connectivity index (χ0n) is 14.4. The molecule has 1 fully saturated rings. The average Bonchev–Trinajstić information content (AvgIpc) is 3.49. The lowest BCUT2D eigenvalue weighted by atomic mass is 9.92. The minimum atomic E-state index is -0.957. The molecule has 2 heterocycles. The SMILES string of the molecule is O=C(O)c1ccncc1NCC1CCOc2cc(C#CC3CC3)ccc21. The Balaban J connectivity index is 1.50. The van der Waals surface area contributed by atoms with Crippen LogP contribution in [-0.4, -0.2) is 29.2 Å². The maximum atomic E-state index is 11.3. The average molecular weight is 348 g/mol. The smallest absolute Gasteiger partial charge is 0.337 e. The molecule has 1 aromatic heterocycles. The van der Waals surface area contributed by atoms with Crippen LogP contribution in [0.4, 0.5) is 5.69 Å². The number of aromatic carboxylic acids is 1. The Morgan fingerprint density at radius 2 is 2.19 bits per heavy atom. The third-order valence-electron chi connectivity index (χ3n) is 4.77. The predicted molar refractivity (Wildman–Crippen MR) is 98.6 cm³/mol. The minimum absolute atomic E-state index is 0.234. The van der Waals surface area contributed by atoms with E-state index in [1.54, 1.807) is 6.20 Å². The van der Waals surface area contributed by atoms with Gasteiger partial charge in [0.2, 0.25) is 0 Å². The number of ether oxygens (including phenoxy) is 1. The Morgan fingerprint density at radius 1 is 1.31 bits per heavy atom. The summed E-state index contributed by atoms with van der Waals surface area (Å²) in [5, 5.41) is 12.5. The molecule has 2 aliphatic rings. The summed E-state index contributed by atoms with van der Waals surface area (Å²) in [5.41, 5.74) is 2.91. The van der Waals surface area contributed by atoms with Crippen LogP contribution in [0, 0.1) is 17.8 Å². The molecule has 4 rings (SSSR count). The normalized spacial score (nSPS) is 18.1. The van der Waals surface area contributed by atoms with E-state index in [9.17, 15) is 9.90 Å². The standard InChI is InChI=1S/C21H20N2O3/c24-21(25)18-7-9-22-13-19(18)23-12-16-8-10-26-20-11-15(5-6-17(16)20)4-3-14-1-2-14/h5-7,9,11,13-14,16,23H,1-2,8,10,12H2,(H,24,25). The molecule has 2 N–H and O–H groups in total. The van der Waals surface area contributed by atoms with Crippen LogP contribution in [-0.2, 0) is 0 Å². The van der Waals surface area contributed by atoms with Gasteiger partial charge >= 0.3 is 5.97 Å². The number of benzene rings is 1. The molecule has 2 aromatic rings. The van der Waals surface area contributed by atoms with Crippen molar-refractivity contribution in [2.45, 2.75) is 25.2 Å². The molecular formula is C21H20N2O3. The van der Waals surface area contributed by atoms with Crippen LogP contribution >= 0.6 is 0 Å². The first kappa shape index (κ1) is 16.5. The molecule has 1 unspecified atom stereocenters. The summed E-state index contributed by atoms with van der Waals surface area (Å²) in [6.45, 7) is 1.28. The number of nitrogens with zero attached hydrogens (tertiary/aromatic N) is 1. The summed E-state index contributed by atoms with van der Waals surface area (Å²) in [6, 6.07) is 7.65. The van der Waals surface area contributed by atoms with Crippen LogP contribution in [0.1, 0.15) is 46.7 Å². The van der Waals surface area contributed by atoms with Crippen LogP contribution in [0.2, 0.25) is 0 Å². The number of pyridine rings is 1. The van der Waals surface area contributed by atoms with Gasteiger partial charge < -0.3 is 15.2 Å². The van der Waals surface area contributed by atoms with Crippen molar-refractivity contribution in [2.24, 2.45) is 5.92 Å². The Bertz CT molecular complexity index is 894. The van der Waals surface area contributed by atoms with Gasteiger partial charge in [0.15, 0.2) is 0 Å². The van der Waals surface area contributed by atoms with Gasteiger partial charge in [-0.2, -0.15) is 0 Å². The Kier molecular flexibility index (Phi) is 4.49. The fourth-order valence-electron chi connectivity index (χ4n) is 3.12. The van der Waals surface area contributed by atoms with E-state index in [1.165, 1.54) is 25.1 Å². The highest BCUT2D eigenvalue weighted by Gasteiger charge is 2.22. The van der Waals surface area contributed by atoms with Crippen molar-refractivity contribution in [2.75, 3.05) is 18.5 Å². The van der Waals surface area contributed by atoms with Gasteiger partial charge in [0.25, 0.3) is 0 Å². The molecular weight excluding hydrogens is 328 g/mol. The molecule has 0 amide bonds. The zero-order valence-corrected chi connectivity index (χ0v) is 14.4. The summed E-state index contributed by atoms with van der Waals surface area (Å²) < 4.78 is 5.83. The number of rotatable bonds is 4. The second-order valence-corrected chi connectivity index (χ2v) is 6.74. The maximum Gasteiger partial charge on any atom is 0.337 e. The maximum absolute atomic E-state index is 11.3. The van der Waals surface area contributed by atoms with Crippen LogP contribution in [0.5, 0.6) is 5.75 Å². The van der Waals surface area contributed by atoms with Crippen LogP contribution < -0.4 is 10.1 Å². The van der Waals surface area contributed by atoms with E-state index in [2.05, 4.69) is 28.2 Å². The van der Waals surface area contributed by atoms with E-state index >= 15 is 0 Å². The van der Waals surface area contributed by atoms with E-state index in [4.69, 9.17) is 4.74 Å². The first-order chi connectivity index (χ1) is 12.7. The van der Waals surface area contributed by atoms with E-state index in [0.717, 1.165) is 23.3 Å². The molecule has 0 bridgehead atoms. The molecule has 1 aliphatic carbocycles. The largest absolute Gasteiger partial charge is 0.493 e. The predicted octanol–water partition coefficient (Wildman–Crippen LogP) is 3.52. The molecule has 1 aromatic carbocycles. The first-order valence-electron chi connectivity index (χ1n) is 8.90. The van der Waals surface area contributed by atoms with Gasteiger partial charge in [0, 0.05) is 30.1 Å². The third-order valence-corrected chi connectivity index (χ3v) is 4.77. The molecule has 26 heavy (non-hydrogen) atoms. The topological polar surface area (TPSA) is 71.5 Å². The molecule has 1 aliphatic heterocycles. The number of carboxylic acids is 1. The molecule has 1 saturated carbocycles. The quantitative estimate of drug-likeness (QED) is 0.827. The van der Waals surface area contributed by atoms with Gasteiger partial charge in [-0.3, -0.25) is 4.98 Å². The number of carbonyl (C=O) groups is 1. The van der Waals surface area contributed by atoms with E-state index in [-0.39, 0.29) is 11.5 Å². The summed E-state index contributed by atoms with van der Waals surface area (Å²) in [7, 11) is 0. The van der Waals surface area contributed by atoms with Gasteiger partial charge in [-0.15, -0.1) is 0 Å². The molecule has 0 saturated heterocycles. The molecule has 5 heteroatoms. The van der Waals surface area contributed by atoms with Gasteiger partial charge in [-0.05, 0) is 43.0 Å². The lowest BCUT2D eigenvalue weighted by Gasteiger charge is -2.26. The summed E-state index contributed by atoms with van der Waals surface area (Å²) in [6.07, 6.45) is 6.36. The Hall–Kier alpha value is -3.00. The van der Waals surface area contributed by atoms with E-state index < -0.39 is 5.97 Å². The monoisotopic (exact) mass is 348 g/mol. The zero-order chi connectivity index (χ0) is 17.9. The molecule has 5 nitrogen and oxygen atoms in total. The first-order valence-corrected chi connectivity index (χ1v) is 8.90. The summed E-state index contributed by atoms with van der Waals surface area (Å²) in [4.78, 5) is 15.3. The molecule has 1 atom stereocenters. The van der Waals surface area contributed by atoms with Gasteiger partial charge in [0.1, 0.15) is 5.75 Å². The Morgan fingerprint density at radius 3 is 3.00 bits per heavy atom. The second kappa shape index (κ2) is 7.09.